The summed E-state index contributed by atoms with van der Waals surface area (Å²) in [6.07, 6.45) is 7.41. The molecule has 0 saturated heterocycles. The number of rotatable bonds is 5. The summed E-state index contributed by atoms with van der Waals surface area (Å²) in [7, 11) is 0. The normalized spacial score (nSPS) is 11.8. The van der Waals surface area contributed by atoms with Gasteiger partial charge >= 0.3 is 0 Å². The Labute approximate surface area is 389 Å². The predicted molar refractivity (Wildman–Crippen MR) is 278 cm³/mol. The minimum Gasteiger partial charge on any atom is -0.256 e. The first-order valence-corrected chi connectivity index (χ1v) is 22.7. The van der Waals surface area contributed by atoms with Crippen LogP contribution in [0.2, 0.25) is 0 Å². The fourth-order valence-electron chi connectivity index (χ4n) is 10.4. The van der Waals surface area contributed by atoms with Crippen molar-refractivity contribution >= 4 is 86.7 Å². The van der Waals surface area contributed by atoms with E-state index < -0.39 is 0 Å². The summed E-state index contributed by atoms with van der Waals surface area (Å²) in [4.78, 5) is 36.5. The van der Waals surface area contributed by atoms with Gasteiger partial charge in [-0.3, -0.25) is 19.9 Å². The molecular weight excluding hydrogens is 831 g/mol. The van der Waals surface area contributed by atoms with Gasteiger partial charge in [0.25, 0.3) is 0 Å². The summed E-state index contributed by atoms with van der Waals surface area (Å²) in [5.74, 6) is 1.57. The van der Waals surface area contributed by atoms with E-state index in [4.69, 9.17) is 34.9 Å². The molecule has 9 aromatic carbocycles. The lowest BCUT2D eigenvalue weighted by molar-refractivity contribution is 1.08. The number of hydrogen-bond acceptors (Lipinski definition) is 7. The van der Waals surface area contributed by atoms with Crippen LogP contribution in [0.3, 0.4) is 0 Å². The van der Waals surface area contributed by atoms with Crippen molar-refractivity contribution in [3.63, 3.8) is 0 Å². The first-order valence-electron chi connectivity index (χ1n) is 22.7. The number of pyridine rings is 4. The van der Waals surface area contributed by atoms with Gasteiger partial charge in [-0.25, -0.2) is 15.0 Å². The Kier molecular flexibility index (Phi) is 8.45. The van der Waals surface area contributed by atoms with Crippen LogP contribution in [0.4, 0.5) is 0 Å². The van der Waals surface area contributed by atoms with Crippen LogP contribution >= 0.6 is 0 Å². The van der Waals surface area contributed by atoms with Crippen LogP contribution in [0.15, 0.2) is 213 Å². The highest BCUT2D eigenvalue weighted by molar-refractivity contribution is 6.16. The lowest BCUT2D eigenvalue weighted by atomic mass is 9.88. The van der Waals surface area contributed by atoms with Crippen LogP contribution < -0.4 is 0 Å². The second kappa shape index (κ2) is 15.1. The second-order valence-corrected chi connectivity index (χ2v) is 17.3. The molecule has 5 heterocycles. The molecule has 0 aliphatic rings. The van der Waals surface area contributed by atoms with Crippen LogP contribution in [0.5, 0.6) is 0 Å². The Hall–Kier alpha value is -9.33. The van der Waals surface area contributed by atoms with Crippen LogP contribution in [-0.4, -0.2) is 34.9 Å². The summed E-state index contributed by atoms with van der Waals surface area (Å²) in [6.45, 7) is 0. The van der Waals surface area contributed by atoms with Crippen molar-refractivity contribution in [2.24, 2.45) is 0 Å². The second-order valence-electron chi connectivity index (χ2n) is 17.3. The Bertz CT molecular complexity index is 3640. The molecule has 0 bridgehead atoms. The maximum absolute atomic E-state index is 5.57. The first-order chi connectivity index (χ1) is 33.7. The van der Waals surface area contributed by atoms with E-state index >= 15 is 0 Å². The third-order valence-electron chi connectivity index (χ3n) is 13.3. The molecule has 0 saturated carbocycles. The van der Waals surface area contributed by atoms with Crippen LogP contribution in [0.1, 0.15) is 0 Å². The van der Waals surface area contributed by atoms with E-state index in [-0.39, 0.29) is 0 Å². The van der Waals surface area contributed by atoms with Gasteiger partial charge in [-0.15, -0.1) is 0 Å². The van der Waals surface area contributed by atoms with Crippen molar-refractivity contribution in [2.75, 3.05) is 0 Å². The van der Waals surface area contributed by atoms with E-state index in [1.165, 1.54) is 0 Å². The third kappa shape index (κ3) is 6.03. The van der Waals surface area contributed by atoms with Crippen molar-refractivity contribution in [1.29, 1.82) is 0 Å². The monoisotopic (exact) mass is 865 g/mol. The van der Waals surface area contributed by atoms with Gasteiger partial charge in [0.1, 0.15) is 0 Å². The van der Waals surface area contributed by atoms with Gasteiger partial charge in [-0.05, 0) is 132 Å². The maximum Gasteiger partial charge on any atom is 0.166 e. The molecule has 0 spiro atoms. The number of aromatic nitrogens is 7. The lowest BCUT2D eigenvalue weighted by Crippen LogP contribution is -2.03. The zero-order valence-electron chi connectivity index (χ0n) is 36.3. The maximum atomic E-state index is 5.57. The molecule has 7 nitrogen and oxygen atoms in total. The van der Waals surface area contributed by atoms with Crippen molar-refractivity contribution in [2.45, 2.75) is 0 Å². The molecule has 14 aromatic rings. The topological polar surface area (TPSA) is 90.2 Å². The smallest absolute Gasteiger partial charge is 0.166 e. The molecule has 0 unspecified atom stereocenters. The van der Waals surface area contributed by atoms with E-state index in [9.17, 15) is 0 Å². The molecule has 0 aliphatic carbocycles. The van der Waals surface area contributed by atoms with Gasteiger partial charge in [0.2, 0.25) is 0 Å². The summed E-state index contributed by atoms with van der Waals surface area (Å²) < 4.78 is 0. The minimum absolute atomic E-state index is 0.521. The fourth-order valence-corrected chi connectivity index (χ4v) is 10.4. The summed E-state index contributed by atoms with van der Waals surface area (Å²) in [5.41, 5.74) is 10.2. The highest BCUT2D eigenvalue weighted by atomic mass is 15.0. The molecule has 314 valence electrons. The molecule has 0 amide bonds. The number of hydrogen-bond donors (Lipinski definition) is 0. The minimum atomic E-state index is 0.521. The molecule has 0 aliphatic heterocycles. The molecule has 0 N–H and O–H groups in total. The van der Waals surface area contributed by atoms with E-state index in [2.05, 4.69) is 164 Å². The largest absolute Gasteiger partial charge is 0.256 e. The van der Waals surface area contributed by atoms with Crippen LogP contribution in [0.25, 0.3) is 143 Å². The van der Waals surface area contributed by atoms with E-state index in [0.717, 1.165) is 126 Å². The molecule has 0 fully saturated rings. The standard InChI is InChI=1S/C61H35N7/c1-7-21-47-36(13-1)29-40-17-9-27-64-57(40)55(47)60-66-59(67-61(68-60)56-48-22-8-2-14-37(48)30-41-18-10-28-65-58(41)56)44-32-42(53-45-19-5-3-15-38(45)34-51-49(53)23-11-25-62-51)31-43(33-44)54-46-20-6-4-16-39(46)35-52-50(54)24-12-26-63-52/h1-35H. The molecule has 7 heteroatoms. The van der Waals surface area contributed by atoms with Crippen molar-refractivity contribution in [3.05, 3.63) is 213 Å². The quantitative estimate of drug-likeness (QED) is 0.159. The number of nitrogens with zero attached hydrogens (tertiary/aromatic N) is 7. The third-order valence-corrected chi connectivity index (χ3v) is 13.3. The number of benzene rings is 9. The summed E-state index contributed by atoms with van der Waals surface area (Å²) in [6, 6.07) is 66.0. The van der Waals surface area contributed by atoms with Crippen LogP contribution in [-0.2, 0) is 0 Å². The van der Waals surface area contributed by atoms with E-state index in [1.54, 1.807) is 0 Å². The van der Waals surface area contributed by atoms with Gasteiger partial charge in [0.05, 0.1) is 33.2 Å². The Morgan fingerprint density at radius 2 is 0.574 bits per heavy atom. The first kappa shape index (κ1) is 38.0. The highest BCUT2D eigenvalue weighted by Gasteiger charge is 2.23. The van der Waals surface area contributed by atoms with Crippen molar-refractivity contribution < 1.29 is 0 Å². The van der Waals surface area contributed by atoms with Crippen molar-refractivity contribution in [3.8, 4) is 56.4 Å². The molecule has 0 atom stereocenters. The molecule has 68 heavy (non-hydrogen) atoms. The predicted octanol–water partition coefficient (Wildman–Crippen LogP) is 15.0. The van der Waals surface area contributed by atoms with Gasteiger partial charge in [0, 0.05) is 51.9 Å². The van der Waals surface area contributed by atoms with E-state index in [1.807, 2.05) is 49.1 Å². The average molecular weight is 866 g/mol. The summed E-state index contributed by atoms with van der Waals surface area (Å²) >= 11 is 0. The molecule has 0 radical (unpaired) electrons. The Morgan fingerprint density at radius 1 is 0.235 bits per heavy atom. The van der Waals surface area contributed by atoms with Crippen molar-refractivity contribution in [1.82, 2.24) is 34.9 Å². The SMILES string of the molecule is c1ccc2c(-c3cc(-c4nc(-c5c6ccccc6cc6cccnc56)nc(-c5c6ccccc6cc6cccnc56)n4)cc(-c4c5ccccc5cc5ncccc45)c3)c3cccnc3cc2c1. The van der Waals surface area contributed by atoms with Crippen LogP contribution in [0, 0.1) is 0 Å². The molecular formula is C61H35N7. The highest BCUT2D eigenvalue weighted by Crippen LogP contribution is 2.44. The van der Waals surface area contributed by atoms with Gasteiger partial charge < -0.3 is 0 Å². The van der Waals surface area contributed by atoms with Gasteiger partial charge in [0.15, 0.2) is 17.5 Å². The number of fused-ring (bicyclic) bond motifs is 8. The molecule has 14 rings (SSSR count). The summed E-state index contributed by atoms with van der Waals surface area (Å²) in [5, 5.41) is 12.7. The lowest BCUT2D eigenvalue weighted by Gasteiger charge is -2.18. The zero-order valence-corrected chi connectivity index (χ0v) is 36.3. The van der Waals surface area contributed by atoms with Gasteiger partial charge in [-0.1, -0.05) is 121 Å². The zero-order chi connectivity index (χ0) is 44.7. The Morgan fingerprint density at radius 3 is 1.04 bits per heavy atom. The fraction of sp³-hybridized carbons (Fsp3) is 0. The average Bonchev–Trinajstić information content (AvgIpc) is 3.40. The molecule has 5 aromatic heterocycles. The van der Waals surface area contributed by atoms with E-state index in [0.29, 0.717) is 17.5 Å². The Balaban J connectivity index is 1.15. The van der Waals surface area contributed by atoms with Gasteiger partial charge in [-0.2, -0.15) is 0 Å².